The topological polar surface area (TPSA) is 80.5 Å². The molecule has 7 nitrogen and oxygen atoms in total. The van der Waals surface area contributed by atoms with Crippen LogP contribution in [0.3, 0.4) is 0 Å². The van der Waals surface area contributed by atoms with Crippen molar-refractivity contribution >= 4 is 11.9 Å². The van der Waals surface area contributed by atoms with Crippen LogP contribution in [0.2, 0.25) is 0 Å². The van der Waals surface area contributed by atoms with Crippen LogP contribution in [0.5, 0.6) is 0 Å². The number of hydrogen-bond acceptors (Lipinski definition) is 4. The van der Waals surface area contributed by atoms with E-state index in [1.54, 1.807) is 13.2 Å². The minimum Gasteiger partial charge on any atom is -0.469 e. The summed E-state index contributed by atoms with van der Waals surface area (Å²) in [5, 5.41) is 10.9. The predicted octanol–water partition coefficient (Wildman–Crippen LogP) is 2.33. The van der Waals surface area contributed by atoms with Crippen LogP contribution in [0.1, 0.15) is 36.8 Å². The molecule has 0 fully saturated rings. The van der Waals surface area contributed by atoms with E-state index in [1.807, 2.05) is 29.1 Å². The lowest BCUT2D eigenvalue weighted by Gasteiger charge is -2.14. The molecule has 0 saturated carbocycles. The number of nitrogens with one attached hydrogen (secondary N) is 2. The van der Waals surface area contributed by atoms with Gasteiger partial charge in [-0.1, -0.05) is 30.7 Å². The summed E-state index contributed by atoms with van der Waals surface area (Å²) >= 11 is 0. The molecule has 0 bridgehead atoms. The molecule has 0 saturated heterocycles. The van der Waals surface area contributed by atoms with Crippen LogP contribution in [0.4, 0.5) is 0 Å². The van der Waals surface area contributed by atoms with Gasteiger partial charge in [-0.15, -0.1) is 0 Å². The summed E-state index contributed by atoms with van der Waals surface area (Å²) in [6.45, 7) is 2.26. The summed E-state index contributed by atoms with van der Waals surface area (Å²) in [7, 11) is 3.19. The number of hydrogen-bond donors (Lipinski definition) is 2. The molecule has 2 aromatic rings. The average molecular weight is 371 g/mol. The largest absolute Gasteiger partial charge is 0.469 e. The Labute approximate surface area is 160 Å². The van der Waals surface area contributed by atoms with Gasteiger partial charge in [-0.3, -0.25) is 14.5 Å². The number of esters is 1. The van der Waals surface area contributed by atoms with Gasteiger partial charge in [-0.25, -0.2) is 0 Å². The van der Waals surface area contributed by atoms with Crippen LogP contribution in [0.25, 0.3) is 0 Å². The molecule has 0 amide bonds. The molecule has 0 unspecified atom stereocenters. The van der Waals surface area contributed by atoms with Gasteiger partial charge in [0.1, 0.15) is 0 Å². The number of unbranched alkanes of at least 4 members (excludes halogenated alkanes) is 2. The van der Waals surface area contributed by atoms with Crippen molar-refractivity contribution in [3.63, 3.8) is 0 Å². The van der Waals surface area contributed by atoms with Crippen LogP contribution in [0.15, 0.2) is 47.7 Å². The number of benzene rings is 1. The molecule has 0 aliphatic heterocycles. The summed E-state index contributed by atoms with van der Waals surface area (Å²) in [6, 6.07) is 10.3. The van der Waals surface area contributed by atoms with Crippen LogP contribution in [0, 0.1) is 0 Å². The summed E-state index contributed by atoms with van der Waals surface area (Å²) in [5.41, 5.74) is 2.45. The van der Waals surface area contributed by atoms with Gasteiger partial charge in [0.2, 0.25) is 0 Å². The molecule has 146 valence electrons. The Morgan fingerprint density at radius 1 is 1.15 bits per heavy atom. The first-order valence-electron chi connectivity index (χ1n) is 9.28. The van der Waals surface area contributed by atoms with Crippen molar-refractivity contribution in [3.05, 3.63) is 53.9 Å². The normalized spacial score (nSPS) is 11.3. The fraction of sp³-hybridized carbons (Fsp3) is 0.450. The second kappa shape index (κ2) is 11.7. The van der Waals surface area contributed by atoms with Crippen molar-refractivity contribution in [3.8, 4) is 0 Å². The zero-order valence-electron chi connectivity index (χ0n) is 16.1. The highest BCUT2D eigenvalue weighted by Crippen LogP contribution is 2.10. The molecule has 0 spiro atoms. The zero-order valence-corrected chi connectivity index (χ0v) is 16.1. The Bertz CT molecular complexity index is 713. The van der Waals surface area contributed by atoms with Crippen LogP contribution in [-0.2, 0) is 22.6 Å². The van der Waals surface area contributed by atoms with Crippen molar-refractivity contribution in [1.29, 1.82) is 0 Å². The molecule has 0 aliphatic carbocycles. The van der Waals surface area contributed by atoms with E-state index in [9.17, 15) is 4.79 Å². The monoisotopic (exact) mass is 371 g/mol. The van der Waals surface area contributed by atoms with Crippen LogP contribution < -0.4 is 10.6 Å². The molecule has 1 aromatic heterocycles. The van der Waals surface area contributed by atoms with Crippen molar-refractivity contribution in [2.75, 3.05) is 20.7 Å². The predicted molar refractivity (Wildman–Crippen MR) is 106 cm³/mol. The second-order valence-corrected chi connectivity index (χ2v) is 6.21. The van der Waals surface area contributed by atoms with Crippen LogP contribution >= 0.6 is 0 Å². The molecule has 1 aromatic carbocycles. The third kappa shape index (κ3) is 7.52. The van der Waals surface area contributed by atoms with Crippen LogP contribution in [-0.4, -0.2) is 42.4 Å². The Kier molecular flexibility index (Phi) is 8.89. The molecular formula is C20H29N5O2. The molecule has 2 rings (SSSR count). The fourth-order valence-electron chi connectivity index (χ4n) is 2.73. The van der Waals surface area contributed by atoms with Crippen molar-refractivity contribution in [1.82, 2.24) is 20.4 Å². The molecule has 2 N–H and O–H groups in total. The minimum absolute atomic E-state index is 0.144. The number of aliphatic imine (C=N–C) groups is 1. The number of carbonyl (C=O) groups is 1. The molecular weight excluding hydrogens is 342 g/mol. The van der Waals surface area contributed by atoms with E-state index in [2.05, 4.69) is 37.6 Å². The number of methoxy groups -OCH3 is 1. The van der Waals surface area contributed by atoms with E-state index >= 15 is 0 Å². The highest BCUT2D eigenvalue weighted by atomic mass is 16.5. The number of rotatable bonds is 10. The van der Waals surface area contributed by atoms with E-state index in [0.29, 0.717) is 13.0 Å². The number of aromatic nitrogens is 2. The first-order chi connectivity index (χ1) is 13.2. The Balaban J connectivity index is 1.73. The van der Waals surface area contributed by atoms with Gasteiger partial charge in [-0.05, 0) is 30.0 Å². The van der Waals surface area contributed by atoms with Gasteiger partial charge in [-0.2, -0.15) is 5.10 Å². The summed E-state index contributed by atoms with van der Waals surface area (Å²) < 4.78 is 6.56. The zero-order chi connectivity index (χ0) is 19.3. The van der Waals surface area contributed by atoms with E-state index in [1.165, 1.54) is 18.2 Å². The third-order valence-corrected chi connectivity index (χ3v) is 4.26. The first kappa shape index (κ1) is 20.5. The number of carbonyl (C=O) groups excluding carboxylic acids is 1. The van der Waals surface area contributed by atoms with E-state index in [-0.39, 0.29) is 5.97 Å². The minimum atomic E-state index is -0.144. The lowest BCUT2D eigenvalue weighted by Crippen LogP contribution is -2.37. The van der Waals surface area contributed by atoms with Gasteiger partial charge < -0.3 is 15.4 Å². The van der Waals surface area contributed by atoms with Crippen molar-refractivity contribution in [2.24, 2.45) is 4.99 Å². The number of guanidine groups is 1. The quantitative estimate of drug-likeness (QED) is 0.290. The molecule has 0 radical (unpaired) electrons. The highest BCUT2D eigenvalue weighted by Gasteiger charge is 2.05. The average Bonchev–Trinajstić information content (AvgIpc) is 3.20. The third-order valence-electron chi connectivity index (χ3n) is 4.26. The van der Waals surface area contributed by atoms with Gasteiger partial charge in [0.05, 0.1) is 13.7 Å². The van der Waals surface area contributed by atoms with E-state index < -0.39 is 0 Å². The molecule has 27 heavy (non-hydrogen) atoms. The lowest BCUT2D eigenvalue weighted by atomic mass is 10.1. The summed E-state index contributed by atoms with van der Waals surface area (Å²) in [4.78, 5) is 15.3. The van der Waals surface area contributed by atoms with Crippen molar-refractivity contribution < 1.29 is 9.53 Å². The Morgan fingerprint density at radius 3 is 2.67 bits per heavy atom. The smallest absolute Gasteiger partial charge is 0.305 e. The molecule has 0 aliphatic rings. The highest BCUT2D eigenvalue weighted by molar-refractivity contribution is 5.79. The maximum Gasteiger partial charge on any atom is 0.305 e. The Morgan fingerprint density at radius 2 is 1.96 bits per heavy atom. The van der Waals surface area contributed by atoms with Gasteiger partial charge in [0.15, 0.2) is 5.96 Å². The summed E-state index contributed by atoms with van der Waals surface area (Å²) in [6.07, 6.45) is 7.04. The molecule has 0 atom stereocenters. The molecule has 1 heterocycles. The van der Waals surface area contributed by atoms with Gasteiger partial charge in [0.25, 0.3) is 0 Å². The standard InChI is InChI=1S/C20H29N5O2/c1-21-20(22-12-7-3-4-11-19(26)27-2)23-15-17-9-5-6-10-18(17)16-25-14-8-13-24-25/h5-6,8-10,13-14H,3-4,7,11-12,15-16H2,1-2H3,(H2,21,22,23). The maximum absolute atomic E-state index is 11.1. The lowest BCUT2D eigenvalue weighted by molar-refractivity contribution is -0.140. The SMILES string of the molecule is CN=C(NCCCCCC(=O)OC)NCc1ccccc1Cn1cccn1. The fourth-order valence-corrected chi connectivity index (χ4v) is 2.73. The Hall–Kier alpha value is -2.83. The van der Waals surface area contributed by atoms with E-state index in [4.69, 9.17) is 0 Å². The number of ether oxygens (including phenoxy) is 1. The van der Waals surface area contributed by atoms with E-state index in [0.717, 1.165) is 38.3 Å². The second-order valence-electron chi connectivity index (χ2n) is 6.21. The number of nitrogens with zero attached hydrogens (tertiary/aromatic N) is 3. The summed E-state index contributed by atoms with van der Waals surface area (Å²) in [5.74, 6) is 0.631. The van der Waals surface area contributed by atoms with Crippen molar-refractivity contribution in [2.45, 2.75) is 38.8 Å². The first-order valence-corrected chi connectivity index (χ1v) is 9.28. The van der Waals surface area contributed by atoms with Gasteiger partial charge in [0, 0.05) is 39.0 Å². The maximum atomic E-state index is 11.1. The van der Waals surface area contributed by atoms with Gasteiger partial charge >= 0.3 is 5.97 Å². The molecule has 7 heteroatoms.